The Morgan fingerprint density at radius 1 is 1.21 bits per heavy atom. The fourth-order valence-corrected chi connectivity index (χ4v) is 4.42. The molecule has 2 atom stereocenters. The van der Waals surface area contributed by atoms with Crippen LogP contribution < -0.4 is 5.32 Å². The number of hydrogen-bond acceptors (Lipinski definition) is 9. The average molecular weight is 517 g/mol. The van der Waals surface area contributed by atoms with Crippen LogP contribution in [0.4, 0.5) is 5.69 Å². The van der Waals surface area contributed by atoms with Crippen molar-refractivity contribution < 1.29 is 9.90 Å². The van der Waals surface area contributed by atoms with Crippen LogP contribution in [0.2, 0.25) is 0 Å². The maximum atomic E-state index is 11.7. The van der Waals surface area contributed by atoms with Crippen LogP contribution in [0, 0.1) is 11.3 Å². The van der Waals surface area contributed by atoms with Crippen molar-refractivity contribution in [2.75, 3.05) is 18.4 Å². The van der Waals surface area contributed by atoms with Crippen LogP contribution >= 0.6 is 0 Å². The topological polar surface area (TPSA) is 151 Å². The Labute approximate surface area is 220 Å². The number of carbonyl (C=O) groups excluding carboxylic acids is 1. The van der Waals surface area contributed by atoms with Crippen molar-refractivity contribution >= 4 is 22.6 Å². The van der Waals surface area contributed by atoms with E-state index in [4.69, 9.17) is 5.26 Å². The number of anilines is 1. The van der Waals surface area contributed by atoms with Crippen molar-refractivity contribution in [1.29, 1.82) is 5.26 Å². The summed E-state index contributed by atoms with van der Waals surface area (Å²) in [7, 11) is 0. The Kier molecular flexibility index (Phi) is 7.97. The second kappa shape index (κ2) is 11.4. The first-order valence-electron chi connectivity index (χ1n) is 12.7. The highest BCUT2D eigenvalue weighted by Gasteiger charge is 2.31. The molecule has 1 saturated heterocycles. The lowest BCUT2D eigenvalue weighted by Gasteiger charge is -2.35. The SMILES string of the molecule is CC.CC(=O)N1CCC(n2cc(-c3cnc(-n4ncc5cc(C#N)cnc54)cc3NC(C)C)nn2)[C@H](O)C1. The van der Waals surface area contributed by atoms with E-state index >= 15 is 0 Å². The molecule has 12 nitrogen and oxygen atoms in total. The number of rotatable bonds is 5. The molecule has 5 heterocycles. The predicted molar refractivity (Wildman–Crippen MR) is 142 cm³/mol. The number of nitrogens with one attached hydrogen (secondary N) is 1. The molecule has 1 fully saturated rings. The molecule has 4 aromatic heterocycles. The third kappa shape index (κ3) is 5.33. The lowest BCUT2D eigenvalue weighted by Crippen LogP contribution is -2.46. The number of carbonyl (C=O) groups is 1. The molecule has 38 heavy (non-hydrogen) atoms. The molecule has 1 aliphatic heterocycles. The number of aromatic nitrogens is 7. The molecule has 0 bridgehead atoms. The minimum Gasteiger partial charge on any atom is -0.389 e. The number of nitriles is 1. The molecule has 1 amide bonds. The maximum Gasteiger partial charge on any atom is 0.219 e. The van der Waals surface area contributed by atoms with E-state index in [2.05, 4.69) is 36.8 Å². The zero-order chi connectivity index (χ0) is 27.4. The van der Waals surface area contributed by atoms with E-state index in [1.165, 1.54) is 13.1 Å². The highest BCUT2D eigenvalue weighted by molar-refractivity contribution is 5.79. The molecule has 2 N–H and O–H groups in total. The van der Waals surface area contributed by atoms with E-state index in [0.29, 0.717) is 35.7 Å². The van der Waals surface area contributed by atoms with E-state index in [0.717, 1.165) is 16.6 Å². The number of piperidine rings is 1. The van der Waals surface area contributed by atoms with Crippen LogP contribution in [0.3, 0.4) is 0 Å². The summed E-state index contributed by atoms with van der Waals surface area (Å²) in [6, 6.07) is 5.57. The fourth-order valence-electron chi connectivity index (χ4n) is 4.42. The number of nitrogens with zero attached hydrogens (tertiary/aromatic N) is 9. The molecular formula is C26H32N10O2. The molecule has 198 valence electrons. The predicted octanol–water partition coefficient (Wildman–Crippen LogP) is 2.95. The maximum absolute atomic E-state index is 11.7. The Morgan fingerprint density at radius 3 is 2.68 bits per heavy atom. The molecule has 0 saturated carbocycles. The summed E-state index contributed by atoms with van der Waals surface area (Å²) in [4.78, 5) is 22.3. The van der Waals surface area contributed by atoms with Crippen molar-refractivity contribution in [3.8, 4) is 23.1 Å². The highest BCUT2D eigenvalue weighted by Crippen LogP contribution is 2.30. The van der Waals surface area contributed by atoms with Gasteiger partial charge in [0.1, 0.15) is 11.8 Å². The third-order valence-corrected chi connectivity index (χ3v) is 6.21. The molecule has 4 aromatic rings. The van der Waals surface area contributed by atoms with Crippen LogP contribution in [0.25, 0.3) is 28.1 Å². The molecule has 12 heteroatoms. The summed E-state index contributed by atoms with van der Waals surface area (Å²) in [6.45, 7) is 10.4. The van der Waals surface area contributed by atoms with Crippen molar-refractivity contribution in [2.45, 2.75) is 59.2 Å². The van der Waals surface area contributed by atoms with Gasteiger partial charge in [0.15, 0.2) is 11.5 Å². The number of amides is 1. The van der Waals surface area contributed by atoms with Gasteiger partial charge in [-0.15, -0.1) is 5.10 Å². The van der Waals surface area contributed by atoms with Crippen LogP contribution in [0.5, 0.6) is 0 Å². The van der Waals surface area contributed by atoms with Gasteiger partial charge in [-0.05, 0) is 26.3 Å². The molecule has 0 aliphatic carbocycles. The molecule has 1 unspecified atom stereocenters. The van der Waals surface area contributed by atoms with Crippen molar-refractivity contribution in [2.24, 2.45) is 0 Å². The molecule has 1 aliphatic rings. The first-order chi connectivity index (χ1) is 18.3. The summed E-state index contributed by atoms with van der Waals surface area (Å²) in [5, 5.41) is 37.0. The lowest BCUT2D eigenvalue weighted by atomic mass is 10.0. The van der Waals surface area contributed by atoms with Gasteiger partial charge in [-0.25, -0.2) is 14.6 Å². The monoisotopic (exact) mass is 516 g/mol. The number of hydrogen-bond donors (Lipinski definition) is 2. The van der Waals surface area contributed by atoms with E-state index in [9.17, 15) is 9.90 Å². The van der Waals surface area contributed by atoms with Crippen LogP contribution in [-0.4, -0.2) is 75.9 Å². The first-order valence-corrected chi connectivity index (χ1v) is 12.7. The number of aliphatic hydroxyl groups is 1. The molecule has 0 aromatic carbocycles. The van der Waals surface area contributed by atoms with Crippen molar-refractivity contribution in [3.63, 3.8) is 0 Å². The van der Waals surface area contributed by atoms with Gasteiger partial charge >= 0.3 is 0 Å². The Bertz CT molecular complexity index is 1470. The summed E-state index contributed by atoms with van der Waals surface area (Å²) in [5.41, 5.74) is 3.23. The number of aliphatic hydroxyl groups excluding tert-OH is 1. The Morgan fingerprint density at radius 2 is 2.00 bits per heavy atom. The number of β-amino-alcohol motifs (C(OH)–C–C–N with tert-alkyl or cyclic N) is 1. The smallest absolute Gasteiger partial charge is 0.219 e. The average Bonchev–Trinajstić information content (AvgIpc) is 3.56. The zero-order valence-electron chi connectivity index (χ0n) is 22.2. The quantitative estimate of drug-likeness (QED) is 0.408. The second-order valence-corrected chi connectivity index (χ2v) is 9.16. The van der Waals surface area contributed by atoms with Crippen LogP contribution in [0.1, 0.15) is 52.6 Å². The van der Waals surface area contributed by atoms with Crippen molar-refractivity contribution in [1.82, 2.24) is 39.6 Å². The molecular weight excluding hydrogens is 484 g/mol. The number of likely N-dealkylation sites (tertiary alicyclic amines) is 1. The lowest BCUT2D eigenvalue weighted by molar-refractivity contribution is -0.133. The van der Waals surface area contributed by atoms with Crippen LogP contribution in [-0.2, 0) is 4.79 Å². The van der Waals surface area contributed by atoms with Gasteiger partial charge in [0.05, 0.1) is 30.1 Å². The van der Waals surface area contributed by atoms with E-state index in [-0.39, 0.29) is 24.5 Å². The summed E-state index contributed by atoms with van der Waals surface area (Å²) < 4.78 is 3.30. The standard InChI is InChI=1S/C24H26N10O2.C2H6/c1-14(2)29-19-7-23(34-24-17(10-28-34)6-16(8-25)9-27-24)26-11-18(19)20-12-33(31-30-20)21-4-5-32(15(3)35)13-22(21)36;1-2/h6-7,9-12,14,21-22,36H,4-5,13H2,1-3H3,(H,26,29);1-2H3/t21?,22-;/m1./s1. The third-order valence-electron chi connectivity index (χ3n) is 6.21. The van der Waals surface area contributed by atoms with Gasteiger partial charge in [0.2, 0.25) is 5.91 Å². The minimum atomic E-state index is -0.729. The Hall–Kier alpha value is -4.37. The van der Waals surface area contributed by atoms with E-state index in [1.807, 2.05) is 33.8 Å². The highest BCUT2D eigenvalue weighted by atomic mass is 16.3. The Balaban J connectivity index is 0.00000164. The normalized spacial score (nSPS) is 17.2. The molecule has 0 spiro atoms. The van der Waals surface area contributed by atoms with E-state index in [1.54, 1.807) is 38.9 Å². The summed E-state index contributed by atoms with van der Waals surface area (Å²) in [6.07, 6.45) is 6.53. The largest absolute Gasteiger partial charge is 0.389 e. The van der Waals surface area contributed by atoms with Gasteiger partial charge in [-0.2, -0.15) is 15.0 Å². The molecule has 5 rings (SSSR count). The summed E-state index contributed by atoms with van der Waals surface area (Å²) in [5.74, 6) is 0.515. The second-order valence-electron chi connectivity index (χ2n) is 9.16. The van der Waals surface area contributed by atoms with E-state index < -0.39 is 6.10 Å². The fraction of sp³-hybridized carbons (Fsp3) is 0.423. The summed E-state index contributed by atoms with van der Waals surface area (Å²) >= 11 is 0. The van der Waals surface area contributed by atoms with Crippen molar-refractivity contribution in [3.05, 3.63) is 42.5 Å². The van der Waals surface area contributed by atoms with Gasteiger partial charge in [-0.3, -0.25) is 4.79 Å². The number of fused-ring (bicyclic) bond motifs is 1. The van der Waals surface area contributed by atoms with Crippen LogP contribution in [0.15, 0.2) is 36.9 Å². The molecule has 0 radical (unpaired) electrons. The minimum absolute atomic E-state index is 0.0481. The first kappa shape index (κ1) is 26.7. The van der Waals surface area contributed by atoms with Gasteiger partial charge in [0.25, 0.3) is 0 Å². The van der Waals surface area contributed by atoms with Gasteiger partial charge in [0, 0.05) is 61.2 Å². The van der Waals surface area contributed by atoms with Gasteiger partial charge < -0.3 is 15.3 Å². The zero-order valence-corrected chi connectivity index (χ0v) is 22.2. The number of pyridine rings is 2. The van der Waals surface area contributed by atoms with Gasteiger partial charge in [-0.1, -0.05) is 19.1 Å².